The van der Waals surface area contributed by atoms with E-state index in [4.69, 9.17) is 4.42 Å². The van der Waals surface area contributed by atoms with E-state index in [9.17, 15) is 9.59 Å². The van der Waals surface area contributed by atoms with Gasteiger partial charge in [0.05, 0.1) is 6.26 Å². The molecule has 3 rings (SSSR count). The van der Waals surface area contributed by atoms with Crippen LogP contribution in [0.3, 0.4) is 0 Å². The zero-order valence-corrected chi connectivity index (χ0v) is 13.8. The van der Waals surface area contributed by atoms with Gasteiger partial charge in [-0.25, -0.2) is 0 Å². The fourth-order valence-electron chi connectivity index (χ4n) is 2.98. The first-order chi connectivity index (χ1) is 11.7. The zero-order chi connectivity index (χ0) is 16.9. The Morgan fingerprint density at radius 1 is 1.29 bits per heavy atom. The van der Waals surface area contributed by atoms with Crippen LogP contribution in [0.5, 0.6) is 0 Å². The standard InChI is InChI=1S/C19H22N2O3/c1-2-14-5-7-15(8-6-14)21-12-10-17(19(21)23)18(22)20-11-9-16-4-3-13-24-16/h3-8,13,17H,2,9-12H2,1H3,(H,20,22)/t17-/m1/s1. The number of carbonyl (C=O) groups is 2. The molecule has 24 heavy (non-hydrogen) atoms. The lowest BCUT2D eigenvalue weighted by Gasteiger charge is -2.17. The number of amides is 2. The average Bonchev–Trinajstić information content (AvgIpc) is 3.24. The molecule has 5 heteroatoms. The summed E-state index contributed by atoms with van der Waals surface area (Å²) in [4.78, 5) is 26.5. The van der Waals surface area contributed by atoms with Crippen molar-refractivity contribution in [2.75, 3.05) is 18.0 Å². The maximum Gasteiger partial charge on any atom is 0.239 e. The summed E-state index contributed by atoms with van der Waals surface area (Å²) >= 11 is 0. The molecule has 2 heterocycles. The van der Waals surface area contributed by atoms with Crippen molar-refractivity contribution < 1.29 is 14.0 Å². The molecule has 0 radical (unpaired) electrons. The van der Waals surface area contributed by atoms with Crippen molar-refractivity contribution in [3.63, 3.8) is 0 Å². The minimum absolute atomic E-state index is 0.116. The molecule has 0 bridgehead atoms. The van der Waals surface area contributed by atoms with Gasteiger partial charge >= 0.3 is 0 Å². The number of hydrogen-bond acceptors (Lipinski definition) is 3. The molecule has 1 aliphatic heterocycles. The highest BCUT2D eigenvalue weighted by atomic mass is 16.3. The van der Waals surface area contributed by atoms with Crippen LogP contribution >= 0.6 is 0 Å². The van der Waals surface area contributed by atoms with Crippen LogP contribution < -0.4 is 10.2 Å². The first-order valence-corrected chi connectivity index (χ1v) is 8.39. The largest absolute Gasteiger partial charge is 0.469 e. The van der Waals surface area contributed by atoms with E-state index >= 15 is 0 Å². The van der Waals surface area contributed by atoms with Gasteiger partial charge in [0.15, 0.2) is 0 Å². The van der Waals surface area contributed by atoms with Gasteiger partial charge < -0.3 is 14.6 Å². The lowest BCUT2D eigenvalue weighted by Crippen LogP contribution is -2.37. The fraction of sp³-hybridized carbons (Fsp3) is 0.368. The summed E-state index contributed by atoms with van der Waals surface area (Å²) in [6.07, 6.45) is 3.76. The molecule has 1 aliphatic rings. The van der Waals surface area contributed by atoms with Crippen molar-refractivity contribution in [1.29, 1.82) is 0 Å². The van der Waals surface area contributed by atoms with Gasteiger partial charge in [-0.15, -0.1) is 0 Å². The minimum Gasteiger partial charge on any atom is -0.469 e. The second-order valence-electron chi connectivity index (χ2n) is 5.97. The van der Waals surface area contributed by atoms with E-state index in [-0.39, 0.29) is 11.8 Å². The summed E-state index contributed by atoms with van der Waals surface area (Å²) in [5.74, 6) is -0.0767. The zero-order valence-electron chi connectivity index (χ0n) is 13.8. The average molecular weight is 326 g/mol. The number of benzene rings is 1. The van der Waals surface area contributed by atoms with Crippen LogP contribution in [-0.4, -0.2) is 24.9 Å². The molecule has 1 fully saturated rings. The molecule has 1 saturated heterocycles. The summed E-state index contributed by atoms with van der Waals surface area (Å²) in [5, 5.41) is 2.84. The topological polar surface area (TPSA) is 62.6 Å². The minimum atomic E-state index is -0.590. The molecule has 1 N–H and O–H groups in total. The van der Waals surface area contributed by atoms with Crippen molar-refractivity contribution in [1.82, 2.24) is 5.32 Å². The van der Waals surface area contributed by atoms with Gasteiger partial charge in [0.1, 0.15) is 11.7 Å². The maximum atomic E-state index is 12.5. The van der Waals surface area contributed by atoms with Crippen molar-refractivity contribution in [2.24, 2.45) is 5.92 Å². The van der Waals surface area contributed by atoms with Crippen molar-refractivity contribution in [3.05, 3.63) is 54.0 Å². The lowest BCUT2D eigenvalue weighted by atomic mass is 10.1. The number of nitrogens with one attached hydrogen (secondary N) is 1. The van der Waals surface area contributed by atoms with Gasteiger partial charge in [-0.2, -0.15) is 0 Å². The predicted molar refractivity (Wildman–Crippen MR) is 91.7 cm³/mol. The molecule has 1 aromatic carbocycles. The Morgan fingerprint density at radius 2 is 2.08 bits per heavy atom. The SMILES string of the molecule is CCc1ccc(N2CC[C@H](C(=O)NCCc3ccco3)C2=O)cc1. The van der Waals surface area contributed by atoms with E-state index in [2.05, 4.69) is 12.2 Å². The Hall–Kier alpha value is -2.56. The Labute approximate surface area is 141 Å². The van der Waals surface area contributed by atoms with Crippen molar-refractivity contribution in [2.45, 2.75) is 26.2 Å². The van der Waals surface area contributed by atoms with Crippen LogP contribution in [0.1, 0.15) is 24.7 Å². The van der Waals surface area contributed by atoms with E-state index in [1.165, 1.54) is 5.56 Å². The highest BCUT2D eigenvalue weighted by Gasteiger charge is 2.37. The highest BCUT2D eigenvalue weighted by molar-refractivity contribution is 6.09. The molecular formula is C19H22N2O3. The van der Waals surface area contributed by atoms with Crippen molar-refractivity contribution in [3.8, 4) is 0 Å². The van der Waals surface area contributed by atoms with Crippen LogP contribution in [0.15, 0.2) is 47.1 Å². The van der Waals surface area contributed by atoms with Crippen LogP contribution in [-0.2, 0) is 22.4 Å². The molecule has 0 aliphatic carbocycles. The molecule has 2 amide bonds. The van der Waals surface area contributed by atoms with Gasteiger partial charge in [-0.3, -0.25) is 9.59 Å². The second-order valence-corrected chi connectivity index (χ2v) is 5.97. The Morgan fingerprint density at radius 3 is 2.75 bits per heavy atom. The van der Waals surface area contributed by atoms with Gasteiger partial charge in [-0.1, -0.05) is 19.1 Å². The van der Waals surface area contributed by atoms with Gasteiger partial charge in [0, 0.05) is 25.2 Å². The highest BCUT2D eigenvalue weighted by Crippen LogP contribution is 2.25. The first kappa shape index (κ1) is 16.3. The first-order valence-electron chi connectivity index (χ1n) is 8.39. The van der Waals surface area contributed by atoms with Gasteiger partial charge in [0.2, 0.25) is 11.8 Å². The summed E-state index contributed by atoms with van der Waals surface area (Å²) in [5.41, 5.74) is 2.10. The predicted octanol–water partition coefficient (Wildman–Crippen LogP) is 2.55. The normalized spacial score (nSPS) is 17.3. The molecule has 0 saturated carbocycles. The third-order valence-corrected chi connectivity index (χ3v) is 4.43. The number of furan rings is 1. The van der Waals surface area contributed by atoms with Crippen LogP contribution in [0, 0.1) is 5.92 Å². The molecule has 2 aromatic rings. The molecule has 0 unspecified atom stereocenters. The number of aryl methyl sites for hydroxylation is 1. The lowest BCUT2D eigenvalue weighted by molar-refractivity contribution is -0.132. The Kier molecular flexibility index (Phi) is 4.99. The van der Waals surface area contributed by atoms with E-state index in [0.29, 0.717) is 25.9 Å². The third kappa shape index (κ3) is 3.50. The summed E-state index contributed by atoms with van der Waals surface area (Å²) < 4.78 is 5.23. The molecule has 0 spiro atoms. The van der Waals surface area contributed by atoms with Crippen LogP contribution in [0.4, 0.5) is 5.69 Å². The number of carbonyl (C=O) groups excluding carboxylic acids is 2. The second kappa shape index (κ2) is 7.34. The maximum absolute atomic E-state index is 12.5. The van der Waals surface area contributed by atoms with Gasteiger partial charge in [0.25, 0.3) is 0 Å². The van der Waals surface area contributed by atoms with Crippen LogP contribution in [0.2, 0.25) is 0 Å². The molecular weight excluding hydrogens is 304 g/mol. The van der Waals surface area contributed by atoms with Gasteiger partial charge in [-0.05, 0) is 42.7 Å². The quantitative estimate of drug-likeness (QED) is 0.830. The number of rotatable bonds is 6. The summed E-state index contributed by atoms with van der Waals surface area (Å²) in [6.45, 7) is 3.15. The van der Waals surface area contributed by atoms with E-state index in [0.717, 1.165) is 17.9 Å². The molecule has 1 aromatic heterocycles. The summed E-state index contributed by atoms with van der Waals surface area (Å²) in [7, 11) is 0. The monoisotopic (exact) mass is 326 g/mol. The fourth-order valence-corrected chi connectivity index (χ4v) is 2.98. The molecule has 5 nitrogen and oxygen atoms in total. The Bertz CT molecular complexity index is 692. The number of nitrogens with zero attached hydrogens (tertiary/aromatic N) is 1. The van der Waals surface area contributed by atoms with Crippen LogP contribution in [0.25, 0.3) is 0 Å². The van der Waals surface area contributed by atoms with E-state index in [1.807, 2.05) is 36.4 Å². The van der Waals surface area contributed by atoms with E-state index < -0.39 is 5.92 Å². The summed E-state index contributed by atoms with van der Waals surface area (Å²) in [6, 6.07) is 11.6. The number of hydrogen-bond donors (Lipinski definition) is 1. The number of anilines is 1. The van der Waals surface area contributed by atoms with E-state index in [1.54, 1.807) is 11.2 Å². The molecule has 1 atom stereocenters. The van der Waals surface area contributed by atoms with Crippen molar-refractivity contribution >= 4 is 17.5 Å². The third-order valence-electron chi connectivity index (χ3n) is 4.43. The Balaban J connectivity index is 1.55. The molecule has 126 valence electrons. The smallest absolute Gasteiger partial charge is 0.239 e.